The van der Waals surface area contributed by atoms with Crippen molar-refractivity contribution >= 4 is 23.2 Å². The van der Waals surface area contributed by atoms with Crippen LogP contribution in [-0.2, 0) is 9.53 Å². The molecule has 1 rings (SSSR count). The first-order valence-corrected chi connectivity index (χ1v) is 6.12. The summed E-state index contributed by atoms with van der Waals surface area (Å²) in [6.07, 6.45) is 8.27. The SMILES string of the molecule is O=C1CC(=C=S)CCCCCCCCO1. The molecule has 0 aliphatic carbocycles. The molecule has 1 aliphatic rings. The summed E-state index contributed by atoms with van der Waals surface area (Å²) in [5.41, 5.74) is 0.926. The number of hydrogen-bond donors (Lipinski definition) is 0. The van der Waals surface area contributed by atoms with Crippen molar-refractivity contribution in [1.29, 1.82) is 0 Å². The van der Waals surface area contributed by atoms with Gasteiger partial charge in [-0.1, -0.05) is 25.7 Å². The Labute approximate surface area is 96.7 Å². The fourth-order valence-electron chi connectivity index (χ4n) is 1.73. The molecule has 0 aromatic carbocycles. The van der Waals surface area contributed by atoms with Crippen molar-refractivity contribution < 1.29 is 9.53 Å². The van der Waals surface area contributed by atoms with E-state index in [1.807, 2.05) is 0 Å². The molecule has 0 aromatic rings. The molecule has 0 bridgehead atoms. The Hall–Kier alpha value is -0.660. The van der Waals surface area contributed by atoms with E-state index in [9.17, 15) is 4.79 Å². The molecule has 1 aliphatic heterocycles. The molecule has 0 amide bonds. The number of ether oxygens (including phenoxy) is 1. The maximum Gasteiger partial charge on any atom is 0.310 e. The molecule has 1 saturated heterocycles. The lowest BCUT2D eigenvalue weighted by Gasteiger charge is -2.08. The molecular formula is C12H18O2S. The van der Waals surface area contributed by atoms with Crippen LogP contribution in [0.25, 0.3) is 0 Å². The summed E-state index contributed by atoms with van der Waals surface area (Å²) in [5.74, 6) is -0.150. The maximum absolute atomic E-state index is 11.3. The summed E-state index contributed by atoms with van der Waals surface area (Å²) in [5, 5.41) is 2.69. The topological polar surface area (TPSA) is 26.3 Å². The average molecular weight is 226 g/mol. The molecule has 15 heavy (non-hydrogen) atoms. The Balaban J connectivity index is 2.43. The molecule has 3 heteroatoms. The van der Waals surface area contributed by atoms with Crippen molar-refractivity contribution in [3.8, 4) is 0 Å². The quantitative estimate of drug-likeness (QED) is 0.469. The van der Waals surface area contributed by atoms with E-state index < -0.39 is 0 Å². The Morgan fingerprint density at radius 1 is 1.07 bits per heavy atom. The molecule has 84 valence electrons. The summed E-state index contributed by atoms with van der Waals surface area (Å²) >= 11 is 4.77. The molecule has 0 N–H and O–H groups in total. The van der Waals surface area contributed by atoms with Gasteiger partial charge in [-0.3, -0.25) is 4.79 Å². The first kappa shape index (κ1) is 12.4. The van der Waals surface area contributed by atoms with E-state index in [4.69, 9.17) is 17.0 Å². The molecular weight excluding hydrogens is 208 g/mol. The van der Waals surface area contributed by atoms with Gasteiger partial charge in [-0.25, -0.2) is 0 Å². The lowest BCUT2D eigenvalue weighted by molar-refractivity contribution is -0.142. The second kappa shape index (κ2) is 7.61. The smallest absolute Gasteiger partial charge is 0.310 e. The first-order valence-electron chi connectivity index (χ1n) is 5.71. The molecule has 0 saturated carbocycles. The summed E-state index contributed by atoms with van der Waals surface area (Å²) in [6.45, 7) is 0.559. The number of hydrogen-bond acceptors (Lipinski definition) is 3. The van der Waals surface area contributed by atoms with Gasteiger partial charge in [0, 0.05) is 0 Å². The minimum absolute atomic E-state index is 0.150. The van der Waals surface area contributed by atoms with Crippen LogP contribution in [0.3, 0.4) is 0 Å². The number of thiocarbonyl (C=S) groups is 1. The van der Waals surface area contributed by atoms with Gasteiger partial charge >= 0.3 is 5.97 Å². The third-order valence-electron chi connectivity index (χ3n) is 2.64. The molecule has 0 aromatic heterocycles. The van der Waals surface area contributed by atoms with Crippen LogP contribution in [-0.4, -0.2) is 17.6 Å². The third-order valence-corrected chi connectivity index (χ3v) is 2.93. The molecule has 1 heterocycles. The van der Waals surface area contributed by atoms with E-state index >= 15 is 0 Å². The minimum atomic E-state index is -0.150. The number of esters is 1. The highest BCUT2D eigenvalue weighted by atomic mass is 32.1. The largest absolute Gasteiger partial charge is 0.465 e. The van der Waals surface area contributed by atoms with E-state index in [-0.39, 0.29) is 5.97 Å². The van der Waals surface area contributed by atoms with Gasteiger partial charge in [-0.05, 0) is 42.1 Å². The van der Waals surface area contributed by atoms with Crippen LogP contribution in [0.1, 0.15) is 51.4 Å². The van der Waals surface area contributed by atoms with Crippen LogP contribution in [0, 0.1) is 0 Å². The zero-order valence-corrected chi connectivity index (χ0v) is 9.91. The Morgan fingerprint density at radius 3 is 2.47 bits per heavy atom. The van der Waals surface area contributed by atoms with Crippen molar-refractivity contribution in [2.45, 2.75) is 51.4 Å². The summed E-state index contributed by atoms with van der Waals surface area (Å²) < 4.78 is 5.10. The third kappa shape index (κ3) is 5.71. The van der Waals surface area contributed by atoms with Gasteiger partial charge in [-0.15, -0.1) is 0 Å². The van der Waals surface area contributed by atoms with Crippen LogP contribution in [0.15, 0.2) is 5.57 Å². The fraction of sp³-hybridized carbons (Fsp3) is 0.750. The Bertz CT molecular complexity index is 254. The number of carbonyl (C=O) groups excluding carboxylic acids is 1. The molecule has 2 nitrogen and oxygen atoms in total. The minimum Gasteiger partial charge on any atom is -0.465 e. The van der Waals surface area contributed by atoms with E-state index in [2.05, 4.69) is 5.02 Å². The van der Waals surface area contributed by atoms with Gasteiger partial charge in [0.1, 0.15) is 0 Å². The molecule has 0 unspecified atom stereocenters. The van der Waals surface area contributed by atoms with Gasteiger partial charge in [0.2, 0.25) is 0 Å². The zero-order chi connectivity index (χ0) is 10.9. The fourth-order valence-corrected chi connectivity index (χ4v) is 1.91. The van der Waals surface area contributed by atoms with Crippen molar-refractivity contribution in [2.24, 2.45) is 0 Å². The standard InChI is InChI=1S/C12H18O2S/c13-12-9-11(10-15)7-5-3-1-2-4-6-8-14-12/h1-9H2. The average Bonchev–Trinajstić information content (AvgIpc) is 2.22. The van der Waals surface area contributed by atoms with Crippen LogP contribution in [0.4, 0.5) is 0 Å². The second-order valence-electron chi connectivity index (χ2n) is 3.97. The van der Waals surface area contributed by atoms with Crippen LogP contribution in [0.2, 0.25) is 0 Å². The highest BCUT2D eigenvalue weighted by Crippen LogP contribution is 2.14. The van der Waals surface area contributed by atoms with Crippen molar-refractivity contribution in [2.75, 3.05) is 6.61 Å². The van der Waals surface area contributed by atoms with Crippen LogP contribution in [0.5, 0.6) is 0 Å². The summed E-state index contributed by atoms with van der Waals surface area (Å²) in [6, 6.07) is 0. The normalized spacial score (nSPS) is 20.8. The highest BCUT2D eigenvalue weighted by molar-refractivity contribution is 7.78. The molecule has 0 spiro atoms. The summed E-state index contributed by atoms with van der Waals surface area (Å²) in [4.78, 5) is 11.3. The highest BCUT2D eigenvalue weighted by Gasteiger charge is 2.08. The lowest BCUT2D eigenvalue weighted by Crippen LogP contribution is -2.08. The zero-order valence-electron chi connectivity index (χ0n) is 9.09. The predicted octanol–water partition coefficient (Wildman–Crippen LogP) is 3.19. The van der Waals surface area contributed by atoms with Crippen molar-refractivity contribution in [3.63, 3.8) is 0 Å². The molecule has 0 radical (unpaired) electrons. The summed E-state index contributed by atoms with van der Waals surface area (Å²) in [7, 11) is 0. The number of carbonyl (C=O) groups is 1. The van der Waals surface area contributed by atoms with Gasteiger partial charge in [0.05, 0.1) is 13.0 Å². The predicted molar refractivity (Wildman–Crippen MR) is 64.0 cm³/mol. The molecule has 1 fully saturated rings. The first-order chi connectivity index (χ1) is 7.33. The van der Waals surface area contributed by atoms with E-state index in [0.29, 0.717) is 13.0 Å². The number of rotatable bonds is 0. The van der Waals surface area contributed by atoms with E-state index in [0.717, 1.165) is 24.8 Å². The lowest BCUT2D eigenvalue weighted by atomic mass is 10.0. The van der Waals surface area contributed by atoms with Crippen molar-refractivity contribution in [1.82, 2.24) is 0 Å². The number of cyclic esters (lactones) is 1. The van der Waals surface area contributed by atoms with Gasteiger partial charge in [0.15, 0.2) is 0 Å². The van der Waals surface area contributed by atoms with Crippen LogP contribution >= 0.6 is 12.2 Å². The van der Waals surface area contributed by atoms with E-state index in [1.165, 1.54) is 25.7 Å². The van der Waals surface area contributed by atoms with Gasteiger partial charge in [0.25, 0.3) is 0 Å². The second-order valence-corrected chi connectivity index (χ2v) is 4.18. The Morgan fingerprint density at radius 2 is 1.73 bits per heavy atom. The van der Waals surface area contributed by atoms with Gasteiger partial charge in [-0.2, -0.15) is 0 Å². The van der Waals surface area contributed by atoms with Gasteiger partial charge < -0.3 is 4.74 Å². The molecule has 0 atom stereocenters. The Kier molecular flexibility index (Phi) is 6.29. The monoisotopic (exact) mass is 226 g/mol. The van der Waals surface area contributed by atoms with E-state index in [1.54, 1.807) is 0 Å². The van der Waals surface area contributed by atoms with Crippen LogP contribution < -0.4 is 0 Å². The maximum atomic E-state index is 11.3. The van der Waals surface area contributed by atoms with Crippen molar-refractivity contribution in [3.05, 3.63) is 5.57 Å².